The summed E-state index contributed by atoms with van der Waals surface area (Å²) in [6.45, 7) is 0. The first kappa shape index (κ1) is 10.9. The maximum absolute atomic E-state index is 4.52. The highest BCUT2D eigenvalue weighted by Gasteiger charge is 2.17. The summed E-state index contributed by atoms with van der Waals surface area (Å²) in [5, 5.41) is 4.01. The monoisotopic (exact) mass is 225 g/mol. The fraction of sp³-hybridized carbons (Fsp3) is 0.818. The maximum atomic E-state index is 4.52. The van der Waals surface area contributed by atoms with Crippen molar-refractivity contribution in [2.45, 2.75) is 50.9 Å². The van der Waals surface area contributed by atoms with Crippen LogP contribution in [0.25, 0.3) is 0 Å². The Kier molecular flexibility index (Phi) is 3.94. The largest absolute Gasteiger partial charge is 0.363 e. The lowest BCUT2D eigenvalue weighted by Gasteiger charge is -2.16. The highest BCUT2D eigenvalue weighted by Crippen LogP contribution is 2.30. The topological polar surface area (TPSA) is 37.8 Å². The fourth-order valence-electron chi connectivity index (χ4n) is 2.22. The molecule has 1 aliphatic rings. The van der Waals surface area contributed by atoms with Gasteiger partial charge in [0.25, 0.3) is 0 Å². The van der Waals surface area contributed by atoms with Gasteiger partial charge in [-0.25, -0.2) is 4.98 Å². The Morgan fingerprint density at radius 1 is 1.13 bits per heavy atom. The molecule has 0 bridgehead atoms. The Balaban J connectivity index is 2.00. The summed E-state index contributed by atoms with van der Waals surface area (Å²) in [5.74, 6) is 1.69. The maximum Gasteiger partial charge on any atom is 0.202 e. The van der Waals surface area contributed by atoms with Crippen molar-refractivity contribution < 1.29 is 0 Å². The Hall–Kier alpha value is -0.640. The van der Waals surface area contributed by atoms with E-state index in [1.807, 2.05) is 7.05 Å². The standard InChI is InChI=1S/C11H19N3S/c1-12-11-13-10(14-15-11)9-7-5-3-2-4-6-8-9/h9H,2-8H2,1H3,(H,12,13,14). The molecule has 1 N–H and O–H groups in total. The lowest BCUT2D eigenvalue weighted by Crippen LogP contribution is -2.04. The smallest absolute Gasteiger partial charge is 0.202 e. The number of aromatic nitrogens is 2. The van der Waals surface area contributed by atoms with E-state index in [-0.39, 0.29) is 0 Å². The molecule has 0 saturated heterocycles. The van der Waals surface area contributed by atoms with Crippen molar-refractivity contribution in [3.8, 4) is 0 Å². The molecule has 1 fully saturated rings. The van der Waals surface area contributed by atoms with Gasteiger partial charge in [-0.15, -0.1) is 0 Å². The molecule has 1 heterocycles. The zero-order chi connectivity index (χ0) is 10.5. The number of anilines is 1. The average molecular weight is 225 g/mol. The molecule has 1 saturated carbocycles. The van der Waals surface area contributed by atoms with Crippen LogP contribution in [0.1, 0.15) is 56.7 Å². The quantitative estimate of drug-likeness (QED) is 0.838. The van der Waals surface area contributed by atoms with Gasteiger partial charge < -0.3 is 5.32 Å². The predicted octanol–water partition coefficient (Wildman–Crippen LogP) is 3.41. The second-order valence-electron chi connectivity index (χ2n) is 4.25. The Labute approximate surface area is 95.5 Å². The van der Waals surface area contributed by atoms with E-state index < -0.39 is 0 Å². The van der Waals surface area contributed by atoms with Crippen LogP contribution in [0.5, 0.6) is 0 Å². The molecule has 1 aromatic heterocycles. The zero-order valence-electron chi connectivity index (χ0n) is 9.33. The predicted molar refractivity (Wildman–Crippen MR) is 64.5 cm³/mol. The van der Waals surface area contributed by atoms with Crippen molar-refractivity contribution >= 4 is 16.7 Å². The number of rotatable bonds is 2. The molecular weight excluding hydrogens is 206 g/mol. The van der Waals surface area contributed by atoms with Crippen LogP contribution in [0, 0.1) is 0 Å². The molecule has 0 amide bonds. The fourth-order valence-corrected chi connectivity index (χ4v) is 2.81. The first-order chi connectivity index (χ1) is 7.40. The molecule has 1 aromatic rings. The van der Waals surface area contributed by atoms with Crippen LogP contribution in [0.3, 0.4) is 0 Å². The van der Waals surface area contributed by atoms with E-state index in [2.05, 4.69) is 14.7 Å². The summed E-state index contributed by atoms with van der Waals surface area (Å²) in [5.41, 5.74) is 0. The van der Waals surface area contributed by atoms with Crippen molar-refractivity contribution in [3.05, 3.63) is 5.82 Å². The summed E-state index contributed by atoms with van der Waals surface area (Å²) in [4.78, 5) is 4.52. The van der Waals surface area contributed by atoms with Crippen LogP contribution in [0.2, 0.25) is 0 Å². The van der Waals surface area contributed by atoms with E-state index in [9.17, 15) is 0 Å². The highest BCUT2D eigenvalue weighted by atomic mass is 32.1. The van der Waals surface area contributed by atoms with Crippen molar-refractivity contribution in [3.63, 3.8) is 0 Å². The molecule has 84 valence electrons. The second-order valence-corrected chi connectivity index (χ2v) is 5.00. The third kappa shape index (κ3) is 2.91. The molecule has 0 atom stereocenters. The van der Waals surface area contributed by atoms with Gasteiger partial charge in [0, 0.05) is 24.5 Å². The van der Waals surface area contributed by atoms with E-state index in [0.717, 1.165) is 11.0 Å². The van der Waals surface area contributed by atoms with Crippen LogP contribution in [0.4, 0.5) is 5.13 Å². The molecule has 0 radical (unpaired) electrons. The SMILES string of the molecule is CNc1nc(C2CCCCCCC2)ns1. The average Bonchev–Trinajstić information content (AvgIpc) is 2.65. The van der Waals surface area contributed by atoms with Gasteiger partial charge >= 0.3 is 0 Å². The normalized spacial score (nSPS) is 19.5. The molecule has 0 spiro atoms. The van der Waals surface area contributed by atoms with Gasteiger partial charge in [-0.2, -0.15) is 4.37 Å². The van der Waals surface area contributed by atoms with E-state index in [4.69, 9.17) is 0 Å². The zero-order valence-corrected chi connectivity index (χ0v) is 10.1. The summed E-state index contributed by atoms with van der Waals surface area (Å²) >= 11 is 1.48. The summed E-state index contributed by atoms with van der Waals surface area (Å²) < 4.78 is 4.45. The minimum absolute atomic E-state index is 0.614. The highest BCUT2D eigenvalue weighted by molar-refractivity contribution is 7.09. The first-order valence-corrected chi connectivity index (χ1v) is 6.69. The van der Waals surface area contributed by atoms with Crippen molar-refractivity contribution in [2.75, 3.05) is 12.4 Å². The molecule has 1 aliphatic carbocycles. The number of nitrogens with one attached hydrogen (secondary N) is 1. The van der Waals surface area contributed by atoms with Crippen LogP contribution in [-0.2, 0) is 0 Å². The van der Waals surface area contributed by atoms with Gasteiger partial charge in [-0.05, 0) is 12.8 Å². The van der Waals surface area contributed by atoms with Crippen molar-refractivity contribution in [1.82, 2.24) is 9.36 Å². The molecule has 2 rings (SSSR count). The number of hydrogen-bond acceptors (Lipinski definition) is 4. The van der Waals surface area contributed by atoms with E-state index in [0.29, 0.717) is 5.92 Å². The number of nitrogens with zero attached hydrogens (tertiary/aromatic N) is 2. The molecule has 3 nitrogen and oxygen atoms in total. The van der Waals surface area contributed by atoms with Gasteiger partial charge in [0.05, 0.1) is 0 Å². The van der Waals surface area contributed by atoms with E-state index in [1.165, 1.54) is 56.5 Å². The Morgan fingerprint density at radius 2 is 1.80 bits per heavy atom. The van der Waals surface area contributed by atoms with Crippen LogP contribution >= 0.6 is 11.5 Å². The van der Waals surface area contributed by atoms with Gasteiger partial charge in [0.2, 0.25) is 5.13 Å². The minimum Gasteiger partial charge on any atom is -0.363 e. The van der Waals surface area contributed by atoms with Crippen molar-refractivity contribution in [1.29, 1.82) is 0 Å². The van der Waals surface area contributed by atoms with E-state index in [1.54, 1.807) is 0 Å². The van der Waals surface area contributed by atoms with E-state index >= 15 is 0 Å². The first-order valence-electron chi connectivity index (χ1n) is 5.91. The van der Waals surface area contributed by atoms with Gasteiger partial charge in [-0.1, -0.05) is 32.1 Å². The Morgan fingerprint density at radius 3 is 2.40 bits per heavy atom. The van der Waals surface area contributed by atoms with Crippen LogP contribution < -0.4 is 5.32 Å². The number of hydrogen-bond donors (Lipinski definition) is 1. The third-order valence-electron chi connectivity index (χ3n) is 3.13. The molecule has 0 aromatic carbocycles. The minimum atomic E-state index is 0.614. The lowest BCUT2D eigenvalue weighted by molar-refractivity contribution is 0.445. The van der Waals surface area contributed by atoms with Gasteiger partial charge in [-0.3, -0.25) is 0 Å². The van der Waals surface area contributed by atoms with Crippen molar-refractivity contribution in [2.24, 2.45) is 0 Å². The molecule has 0 unspecified atom stereocenters. The van der Waals surface area contributed by atoms with Crippen LogP contribution in [0.15, 0.2) is 0 Å². The van der Waals surface area contributed by atoms with Crippen LogP contribution in [-0.4, -0.2) is 16.4 Å². The molecular formula is C11H19N3S. The Bertz CT molecular complexity index is 290. The summed E-state index contributed by atoms with van der Waals surface area (Å²) in [6, 6.07) is 0. The third-order valence-corrected chi connectivity index (χ3v) is 3.87. The molecule has 0 aliphatic heterocycles. The summed E-state index contributed by atoms with van der Waals surface area (Å²) in [6.07, 6.45) is 9.44. The van der Waals surface area contributed by atoms with Gasteiger partial charge in [0.1, 0.15) is 5.82 Å². The second kappa shape index (κ2) is 5.45. The lowest BCUT2D eigenvalue weighted by atomic mass is 9.91. The molecule has 15 heavy (non-hydrogen) atoms. The van der Waals surface area contributed by atoms with Gasteiger partial charge in [0.15, 0.2) is 0 Å². The summed E-state index contributed by atoms with van der Waals surface area (Å²) in [7, 11) is 1.91. The molecule has 4 heteroatoms.